The number of benzene rings is 1. The second-order valence-electron chi connectivity index (χ2n) is 3.89. The van der Waals surface area contributed by atoms with Gasteiger partial charge < -0.3 is 5.32 Å². The smallest absolute Gasteiger partial charge is 0.301 e. The van der Waals surface area contributed by atoms with E-state index < -0.39 is 10.2 Å². The molecule has 1 aliphatic rings. The lowest BCUT2D eigenvalue weighted by Gasteiger charge is -2.26. The molecule has 0 aliphatic carbocycles. The van der Waals surface area contributed by atoms with Crippen molar-refractivity contribution >= 4 is 43.4 Å². The molecular weight excluding hydrogens is 342 g/mol. The molecule has 5 nitrogen and oxygen atoms in total. The molecule has 1 heterocycles. The first-order valence-corrected chi connectivity index (χ1v) is 8.04. The highest BCUT2D eigenvalue weighted by molar-refractivity contribution is 9.10. The number of hydrogen-bond donors (Lipinski definition) is 2. The van der Waals surface area contributed by atoms with Crippen LogP contribution in [-0.4, -0.2) is 38.9 Å². The molecule has 0 radical (unpaired) electrons. The molecule has 0 saturated carbocycles. The molecule has 0 unspecified atom stereocenters. The Morgan fingerprint density at radius 3 is 2.61 bits per heavy atom. The van der Waals surface area contributed by atoms with E-state index in [0.29, 0.717) is 36.9 Å². The summed E-state index contributed by atoms with van der Waals surface area (Å²) < 4.78 is 28.8. The highest BCUT2D eigenvalue weighted by atomic mass is 79.9. The van der Waals surface area contributed by atoms with Crippen LogP contribution in [0, 0.1) is 0 Å². The number of nitrogens with zero attached hydrogens (tertiary/aromatic N) is 1. The lowest BCUT2D eigenvalue weighted by molar-refractivity contribution is 0.362. The molecule has 8 heteroatoms. The zero-order chi connectivity index (χ0) is 13.2. The van der Waals surface area contributed by atoms with E-state index in [1.54, 1.807) is 18.2 Å². The molecule has 0 bridgehead atoms. The lowest BCUT2D eigenvalue weighted by Crippen LogP contribution is -2.48. The Hall–Kier alpha value is -0.340. The summed E-state index contributed by atoms with van der Waals surface area (Å²) in [5.41, 5.74) is 0.460. The van der Waals surface area contributed by atoms with E-state index in [1.807, 2.05) is 0 Å². The van der Waals surface area contributed by atoms with Crippen LogP contribution in [0.3, 0.4) is 0 Å². The van der Waals surface area contributed by atoms with Crippen molar-refractivity contribution < 1.29 is 8.42 Å². The molecule has 0 amide bonds. The predicted octanol–water partition coefficient (Wildman–Crippen LogP) is 1.66. The number of rotatable bonds is 3. The molecule has 100 valence electrons. The zero-order valence-corrected chi connectivity index (χ0v) is 12.6. The molecule has 0 aromatic heterocycles. The Morgan fingerprint density at radius 1 is 1.33 bits per heavy atom. The van der Waals surface area contributed by atoms with Crippen molar-refractivity contribution in [3.8, 4) is 0 Å². The quantitative estimate of drug-likeness (QED) is 0.868. The molecule has 18 heavy (non-hydrogen) atoms. The third-order valence-electron chi connectivity index (χ3n) is 2.58. The number of hydrogen-bond acceptors (Lipinski definition) is 3. The van der Waals surface area contributed by atoms with Gasteiger partial charge in [0, 0.05) is 30.7 Å². The van der Waals surface area contributed by atoms with Gasteiger partial charge in [-0.2, -0.15) is 12.7 Å². The normalized spacial score (nSPS) is 17.7. The first kappa shape index (κ1) is 14.1. The van der Waals surface area contributed by atoms with Crippen LogP contribution in [-0.2, 0) is 10.2 Å². The third kappa shape index (κ3) is 3.36. The zero-order valence-electron chi connectivity index (χ0n) is 9.49. The highest BCUT2D eigenvalue weighted by Crippen LogP contribution is 2.26. The van der Waals surface area contributed by atoms with Crippen LogP contribution in [0.1, 0.15) is 0 Å². The maximum atomic E-state index is 12.1. The molecule has 1 aromatic carbocycles. The van der Waals surface area contributed by atoms with Gasteiger partial charge in [0.2, 0.25) is 0 Å². The number of anilines is 1. The molecule has 1 aromatic rings. The Kier molecular flexibility index (Phi) is 4.50. The monoisotopic (exact) mass is 353 g/mol. The van der Waals surface area contributed by atoms with Gasteiger partial charge in [-0.05, 0) is 34.1 Å². The van der Waals surface area contributed by atoms with Crippen LogP contribution in [0.5, 0.6) is 0 Å². The average Bonchev–Trinajstić information content (AvgIpc) is 2.35. The fourth-order valence-electron chi connectivity index (χ4n) is 1.66. The van der Waals surface area contributed by atoms with Crippen LogP contribution in [0.4, 0.5) is 5.69 Å². The second-order valence-corrected chi connectivity index (χ2v) is 6.82. The summed E-state index contributed by atoms with van der Waals surface area (Å²) in [6.45, 7) is 2.28. The van der Waals surface area contributed by atoms with Crippen molar-refractivity contribution in [1.82, 2.24) is 9.62 Å². The summed E-state index contributed by atoms with van der Waals surface area (Å²) in [4.78, 5) is 0. The topological polar surface area (TPSA) is 61.4 Å². The minimum Gasteiger partial charge on any atom is -0.314 e. The van der Waals surface area contributed by atoms with Gasteiger partial charge in [-0.1, -0.05) is 11.6 Å². The van der Waals surface area contributed by atoms with Crippen LogP contribution in [0.2, 0.25) is 5.02 Å². The van der Waals surface area contributed by atoms with Crippen molar-refractivity contribution in [1.29, 1.82) is 0 Å². The first-order valence-electron chi connectivity index (χ1n) is 5.43. The van der Waals surface area contributed by atoms with Crippen LogP contribution < -0.4 is 10.0 Å². The minimum absolute atomic E-state index is 0.460. The summed E-state index contributed by atoms with van der Waals surface area (Å²) in [6, 6.07) is 4.94. The van der Waals surface area contributed by atoms with E-state index in [1.165, 1.54) is 4.31 Å². The van der Waals surface area contributed by atoms with Gasteiger partial charge in [-0.3, -0.25) is 4.72 Å². The van der Waals surface area contributed by atoms with Gasteiger partial charge in [0.1, 0.15) is 0 Å². The maximum absolute atomic E-state index is 12.1. The lowest BCUT2D eigenvalue weighted by atomic mass is 10.3. The van der Waals surface area contributed by atoms with E-state index >= 15 is 0 Å². The molecule has 2 N–H and O–H groups in total. The number of piperazine rings is 1. The van der Waals surface area contributed by atoms with E-state index in [4.69, 9.17) is 11.6 Å². The summed E-state index contributed by atoms with van der Waals surface area (Å²) >= 11 is 9.18. The van der Waals surface area contributed by atoms with Crippen molar-refractivity contribution in [2.24, 2.45) is 0 Å². The highest BCUT2D eigenvalue weighted by Gasteiger charge is 2.23. The number of nitrogens with one attached hydrogen (secondary N) is 2. The van der Waals surface area contributed by atoms with Crippen molar-refractivity contribution in [2.75, 3.05) is 30.9 Å². The molecule has 0 atom stereocenters. The Bertz CT molecular complexity index is 532. The van der Waals surface area contributed by atoms with Gasteiger partial charge in [0.05, 0.1) is 10.7 Å². The SMILES string of the molecule is O=S(=O)(Nc1ccc(Br)c(Cl)c1)N1CCNCC1. The Labute approximate surface area is 120 Å². The molecule has 2 rings (SSSR count). The fourth-order valence-corrected chi connectivity index (χ4v) is 3.30. The fraction of sp³-hybridized carbons (Fsp3) is 0.400. The van der Waals surface area contributed by atoms with Crippen molar-refractivity contribution in [3.63, 3.8) is 0 Å². The van der Waals surface area contributed by atoms with E-state index in [9.17, 15) is 8.42 Å². The molecule has 1 saturated heterocycles. The number of halogens is 2. The summed E-state index contributed by atoms with van der Waals surface area (Å²) in [7, 11) is -3.50. The van der Waals surface area contributed by atoms with Gasteiger partial charge in [0.15, 0.2) is 0 Å². The predicted molar refractivity (Wildman–Crippen MR) is 76.1 cm³/mol. The Balaban J connectivity index is 2.13. The van der Waals surface area contributed by atoms with Crippen LogP contribution >= 0.6 is 27.5 Å². The average molecular weight is 355 g/mol. The van der Waals surface area contributed by atoms with Crippen LogP contribution in [0.25, 0.3) is 0 Å². The van der Waals surface area contributed by atoms with Gasteiger partial charge in [-0.15, -0.1) is 0 Å². The van der Waals surface area contributed by atoms with Gasteiger partial charge in [-0.25, -0.2) is 0 Å². The summed E-state index contributed by atoms with van der Waals surface area (Å²) in [5.74, 6) is 0. The minimum atomic E-state index is -3.50. The van der Waals surface area contributed by atoms with Crippen molar-refractivity contribution in [3.05, 3.63) is 27.7 Å². The maximum Gasteiger partial charge on any atom is 0.301 e. The summed E-state index contributed by atoms with van der Waals surface area (Å²) in [6.07, 6.45) is 0. The standard InChI is InChI=1S/C10H13BrClN3O2S/c11-9-2-1-8(7-10(9)12)14-18(16,17)15-5-3-13-4-6-15/h1-2,7,13-14H,3-6H2. The largest absolute Gasteiger partial charge is 0.314 e. The Morgan fingerprint density at radius 2 is 2.00 bits per heavy atom. The summed E-state index contributed by atoms with van der Waals surface area (Å²) in [5, 5.41) is 3.57. The molecular formula is C10H13BrClN3O2S. The van der Waals surface area contributed by atoms with E-state index in [0.717, 1.165) is 4.47 Å². The van der Waals surface area contributed by atoms with E-state index in [2.05, 4.69) is 26.0 Å². The third-order valence-corrected chi connectivity index (χ3v) is 5.35. The second kappa shape index (κ2) is 5.75. The molecule has 1 aliphatic heterocycles. The van der Waals surface area contributed by atoms with Gasteiger partial charge in [0.25, 0.3) is 0 Å². The molecule has 1 fully saturated rings. The molecule has 0 spiro atoms. The first-order chi connectivity index (χ1) is 8.49. The van der Waals surface area contributed by atoms with Crippen LogP contribution in [0.15, 0.2) is 22.7 Å². The van der Waals surface area contributed by atoms with Crippen molar-refractivity contribution in [2.45, 2.75) is 0 Å². The van der Waals surface area contributed by atoms with E-state index in [-0.39, 0.29) is 0 Å². The van der Waals surface area contributed by atoms with Gasteiger partial charge >= 0.3 is 10.2 Å².